The van der Waals surface area contributed by atoms with Gasteiger partial charge in [0.25, 0.3) is 0 Å². The Morgan fingerprint density at radius 1 is 0.442 bits per heavy atom. The summed E-state index contributed by atoms with van der Waals surface area (Å²) in [5, 5.41) is 9.46. The van der Waals surface area contributed by atoms with Crippen LogP contribution < -0.4 is 0 Å². The molecule has 1 atom stereocenters. The Morgan fingerprint density at radius 3 is 1.96 bits per heavy atom. The third kappa shape index (κ3) is 3.81. The van der Waals surface area contributed by atoms with Gasteiger partial charge in [0.05, 0.1) is 22.6 Å². The minimum atomic E-state index is 0.238. The van der Waals surface area contributed by atoms with Gasteiger partial charge in [-0.3, -0.25) is 0 Å². The minimum absolute atomic E-state index is 0.238. The molecule has 0 spiro atoms. The molecule has 4 nitrogen and oxygen atoms in total. The van der Waals surface area contributed by atoms with E-state index in [2.05, 4.69) is 161 Å². The van der Waals surface area contributed by atoms with Crippen molar-refractivity contribution in [2.45, 2.75) is 12.5 Å². The summed E-state index contributed by atoms with van der Waals surface area (Å²) in [6.07, 6.45) is 9.87. The molecule has 1 aliphatic rings. The second-order valence-corrected chi connectivity index (χ2v) is 14.0. The van der Waals surface area contributed by atoms with E-state index in [-0.39, 0.29) is 6.04 Å². The highest BCUT2D eigenvalue weighted by Crippen LogP contribution is 2.44. The Morgan fingerprint density at radius 2 is 1.13 bits per heavy atom. The van der Waals surface area contributed by atoms with Crippen molar-refractivity contribution in [2.24, 2.45) is 0 Å². The lowest BCUT2D eigenvalue weighted by molar-refractivity contribution is 0.647. The third-order valence-electron chi connectivity index (χ3n) is 11.2. The Bertz CT molecular complexity index is 3330. The average Bonchev–Trinajstić information content (AvgIpc) is 3.94. The van der Waals surface area contributed by atoms with Crippen molar-refractivity contribution in [3.63, 3.8) is 0 Å². The van der Waals surface area contributed by atoms with Gasteiger partial charge >= 0.3 is 0 Å². The molecule has 1 unspecified atom stereocenters. The molecule has 7 aromatic carbocycles. The van der Waals surface area contributed by atoms with Gasteiger partial charge < -0.3 is 18.0 Å². The van der Waals surface area contributed by atoms with Gasteiger partial charge in [0, 0.05) is 54.3 Å². The number of nitrogens with zero attached hydrogens (tertiary/aromatic N) is 2. The van der Waals surface area contributed by atoms with E-state index in [1.54, 1.807) is 0 Å². The van der Waals surface area contributed by atoms with Gasteiger partial charge in [0.2, 0.25) is 0 Å². The third-order valence-corrected chi connectivity index (χ3v) is 11.2. The smallest absolute Gasteiger partial charge is 0.136 e. The number of rotatable bonds is 3. The summed E-state index contributed by atoms with van der Waals surface area (Å²) in [5.74, 6) is 0. The summed E-state index contributed by atoms with van der Waals surface area (Å²) in [7, 11) is 0. The Labute approximate surface area is 297 Å². The highest BCUT2D eigenvalue weighted by Gasteiger charge is 2.22. The number of allylic oxidation sites excluding steroid dienone is 4. The van der Waals surface area contributed by atoms with Gasteiger partial charge in [-0.15, -0.1) is 0 Å². The van der Waals surface area contributed by atoms with Gasteiger partial charge in [-0.2, -0.15) is 0 Å². The Hall–Kier alpha value is -6.78. The number of para-hydroxylation sites is 3. The van der Waals surface area contributed by atoms with Crippen molar-refractivity contribution in [1.82, 2.24) is 9.13 Å². The van der Waals surface area contributed by atoms with E-state index in [9.17, 15) is 0 Å². The summed E-state index contributed by atoms with van der Waals surface area (Å²) in [4.78, 5) is 0. The van der Waals surface area contributed by atoms with E-state index in [0.29, 0.717) is 0 Å². The van der Waals surface area contributed by atoms with Crippen LogP contribution in [-0.4, -0.2) is 9.13 Å². The molecule has 0 fully saturated rings. The molecular weight excluding hydrogens is 637 g/mol. The maximum atomic E-state index is 6.41. The van der Waals surface area contributed by atoms with Crippen molar-refractivity contribution in [3.05, 3.63) is 164 Å². The van der Waals surface area contributed by atoms with Crippen molar-refractivity contribution in [1.29, 1.82) is 0 Å². The molecule has 52 heavy (non-hydrogen) atoms. The number of hydrogen-bond acceptors (Lipinski definition) is 2. The summed E-state index contributed by atoms with van der Waals surface area (Å²) < 4.78 is 17.7. The van der Waals surface area contributed by atoms with Crippen molar-refractivity contribution >= 4 is 87.5 Å². The zero-order valence-electron chi connectivity index (χ0n) is 28.1. The van der Waals surface area contributed by atoms with E-state index in [0.717, 1.165) is 50.6 Å². The molecule has 4 aromatic heterocycles. The molecule has 0 aliphatic heterocycles. The van der Waals surface area contributed by atoms with Crippen molar-refractivity contribution in [2.75, 3.05) is 0 Å². The van der Waals surface area contributed by atoms with Gasteiger partial charge in [-0.25, -0.2) is 0 Å². The standard InChI is InChI=1S/C48H30N2O2/c1-3-11-31(12-4-1)49-40-22-20-30(26-38(40)47-41(49)23-24-45-48(47)34-16-8-10-18-44(34)51-45)29-19-21-39-35(25-29)36-28-46-37(33-15-7-9-17-43(33)52-46)27-42(36)50(39)32-13-5-2-6-14-32/h1-11,13-28,31H,12H2. The zero-order valence-corrected chi connectivity index (χ0v) is 28.1. The molecule has 4 heterocycles. The molecule has 0 N–H and O–H groups in total. The number of furan rings is 2. The van der Waals surface area contributed by atoms with Crippen LogP contribution in [0, 0.1) is 0 Å². The number of aromatic nitrogens is 2. The van der Waals surface area contributed by atoms with Crippen molar-refractivity contribution in [3.8, 4) is 16.8 Å². The molecular formula is C48H30N2O2. The molecule has 0 saturated carbocycles. The summed E-state index contributed by atoms with van der Waals surface area (Å²) >= 11 is 0. The molecule has 244 valence electrons. The topological polar surface area (TPSA) is 36.1 Å². The van der Waals surface area contributed by atoms with Crippen LogP contribution in [-0.2, 0) is 0 Å². The van der Waals surface area contributed by atoms with Crippen LogP contribution in [0.15, 0.2) is 173 Å². The highest BCUT2D eigenvalue weighted by atomic mass is 16.3. The SMILES string of the molecule is C1=CCC(n2c3ccc(-c4ccc5c(c4)c4cc6oc7ccccc7c6cc4n5-c4ccccc4)cc3c3c4c(ccc32)oc2ccccc24)C=C1. The molecule has 0 bridgehead atoms. The van der Waals surface area contributed by atoms with E-state index >= 15 is 0 Å². The minimum Gasteiger partial charge on any atom is -0.456 e. The predicted molar refractivity (Wildman–Crippen MR) is 216 cm³/mol. The van der Waals surface area contributed by atoms with E-state index < -0.39 is 0 Å². The van der Waals surface area contributed by atoms with Gasteiger partial charge in [0.15, 0.2) is 0 Å². The van der Waals surface area contributed by atoms with E-state index in [1.165, 1.54) is 60.1 Å². The first-order chi connectivity index (χ1) is 25.8. The van der Waals surface area contributed by atoms with Crippen LogP contribution in [0.5, 0.6) is 0 Å². The van der Waals surface area contributed by atoms with Crippen LogP contribution in [0.3, 0.4) is 0 Å². The molecule has 11 aromatic rings. The van der Waals surface area contributed by atoms with Crippen molar-refractivity contribution < 1.29 is 8.83 Å². The summed E-state index contributed by atoms with van der Waals surface area (Å²) in [6, 6.07) is 50.5. The fourth-order valence-corrected chi connectivity index (χ4v) is 8.92. The van der Waals surface area contributed by atoms with Gasteiger partial charge in [0.1, 0.15) is 22.3 Å². The Balaban J connectivity index is 1.14. The quantitative estimate of drug-likeness (QED) is 0.188. The first-order valence-electron chi connectivity index (χ1n) is 17.9. The maximum Gasteiger partial charge on any atom is 0.136 e. The number of fused-ring (bicyclic) bond motifs is 13. The molecule has 4 heteroatoms. The van der Waals surface area contributed by atoms with Crippen LogP contribution >= 0.6 is 0 Å². The lowest BCUT2D eigenvalue weighted by Gasteiger charge is -2.18. The highest BCUT2D eigenvalue weighted by molar-refractivity contribution is 6.27. The monoisotopic (exact) mass is 666 g/mol. The van der Waals surface area contributed by atoms with Crippen LogP contribution in [0.25, 0.3) is 104 Å². The molecule has 0 amide bonds. The maximum absolute atomic E-state index is 6.41. The second kappa shape index (κ2) is 10.4. The van der Waals surface area contributed by atoms with E-state index in [4.69, 9.17) is 8.83 Å². The largest absolute Gasteiger partial charge is 0.456 e. The average molecular weight is 667 g/mol. The van der Waals surface area contributed by atoms with Crippen LogP contribution in [0.2, 0.25) is 0 Å². The molecule has 1 aliphatic carbocycles. The van der Waals surface area contributed by atoms with Gasteiger partial charge in [-0.05, 0) is 90.3 Å². The van der Waals surface area contributed by atoms with Crippen LogP contribution in [0.1, 0.15) is 12.5 Å². The van der Waals surface area contributed by atoms with Crippen LogP contribution in [0.4, 0.5) is 0 Å². The predicted octanol–water partition coefficient (Wildman–Crippen LogP) is 13.4. The number of benzene rings is 7. The fourth-order valence-electron chi connectivity index (χ4n) is 8.92. The summed E-state index contributed by atoms with van der Waals surface area (Å²) in [5.41, 5.74) is 12.0. The number of hydrogen-bond donors (Lipinski definition) is 0. The second-order valence-electron chi connectivity index (χ2n) is 14.0. The first kappa shape index (κ1) is 28.0. The lowest BCUT2D eigenvalue weighted by atomic mass is 9.99. The first-order valence-corrected chi connectivity index (χ1v) is 17.9. The molecule has 0 saturated heterocycles. The summed E-state index contributed by atoms with van der Waals surface area (Å²) in [6.45, 7) is 0. The van der Waals surface area contributed by atoms with Gasteiger partial charge in [-0.1, -0.05) is 91.0 Å². The Kier molecular flexibility index (Phi) is 5.58. The lowest BCUT2D eigenvalue weighted by Crippen LogP contribution is -2.06. The van der Waals surface area contributed by atoms with E-state index in [1.807, 2.05) is 12.1 Å². The zero-order chi connectivity index (χ0) is 33.9. The molecule has 12 rings (SSSR count). The normalized spacial score (nSPS) is 14.9. The fraction of sp³-hybridized carbons (Fsp3) is 0.0417. The molecule has 0 radical (unpaired) electrons.